The highest BCUT2D eigenvalue weighted by Crippen LogP contribution is 2.40. The first kappa shape index (κ1) is 31.2. The molecular weight excluding hydrogens is 520 g/mol. The summed E-state index contributed by atoms with van der Waals surface area (Å²) in [7, 11) is 0. The summed E-state index contributed by atoms with van der Waals surface area (Å²) in [5, 5.41) is 24.7. The molecule has 7 atom stereocenters. The second-order valence-electron chi connectivity index (χ2n) is 11.6. The predicted octanol–water partition coefficient (Wildman–Crippen LogP) is 4.53. The third kappa shape index (κ3) is 7.46. The fourth-order valence-electron chi connectivity index (χ4n) is 5.56. The lowest BCUT2D eigenvalue weighted by atomic mass is 9.73. The Kier molecular flexibility index (Phi) is 10.3. The number of aliphatic hydroxyl groups excluding tert-OH is 2. The number of ketones is 1. The normalized spacial score (nSPS) is 32.8. The fourth-order valence-corrected chi connectivity index (χ4v) is 6.13. The van der Waals surface area contributed by atoms with Crippen molar-refractivity contribution in [1.82, 2.24) is 9.88 Å². The summed E-state index contributed by atoms with van der Waals surface area (Å²) in [4.78, 5) is 45.3. The van der Waals surface area contributed by atoms with E-state index in [0.717, 1.165) is 22.7 Å². The average molecular weight is 565 g/mol. The molecule has 3 heterocycles. The van der Waals surface area contributed by atoms with E-state index in [-0.39, 0.29) is 36.8 Å². The molecule has 0 aliphatic carbocycles. The third-order valence-corrected chi connectivity index (χ3v) is 9.09. The molecule has 3 rings (SSSR count). The number of Topliss-reactive ketones (excluding diaryl/α,β-unsaturated/α-hetero) is 1. The van der Waals surface area contributed by atoms with Gasteiger partial charge in [-0.2, -0.15) is 0 Å². The number of carbonyl (C=O) groups excluding carboxylic acids is 3. The number of carbonyl (C=O) groups is 3. The first-order valence-electron chi connectivity index (χ1n) is 13.9. The van der Waals surface area contributed by atoms with E-state index in [2.05, 4.69) is 4.98 Å². The van der Waals surface area contributed by atoms with Crippen LogP contribution in [0.25, 0.3) is 6.08 Å². The molecule has 39 heavy (non-hydrogen) atoms. The highest BCUT2D eigenvalue weighted by molar-refractivity contribution is 7.09. The van der Waals surface area contributed by atoms with Gasteiger partial charge in [0.25, 0.3) is 0 Å². The number of nitrogens with zero attached hydrogens (tertiary/aromatic N) is 2. The lowest BCUT2D eigenvalue weighted by molar-refractivity contribution is -0.154. The highest BCUT2D eigenvalue weighted by atomic mass is 32.1. The summed E-state index contributed by atoms with van der Waals surface area (Å²) in [5.41, 5.74) is 0.289. The smallest absolute Gasteiger partial charge is 0.410 e. The summed E-state index contributed by atoms with van der Waals surface area (Å²) in [5.74, 6) is -1.79. The Morgan fingerprint density at radius 1 is 1.26 bits per heavy atom. The van der Waals surface area contributed by atoms with E-state index < -0.39 is 41.7 Å². The first-order chi connectivity index (χ1) is 18.3. The minimum Gasteiger partial charge on any atom is -0.458 e. The summed E-state index contributed by atoms with van der Waals surface area (Å²) in [6.45, 7) is 12.6. The van der Waals surface area contributed by atoms with Gasteiger partial charge in [0.1, 0.15) is 11.9 Å². The summed E-state index contributed by atoms with van der Waals surface area (Å²) >= 11 is 1.52. The summed E-state index contributed by atoms with van der Waals surface area (Å²) < 4.78 is 11.2. The minimum absolute atomic E-state index is 0.0691. The van der Waals surface area contributed by atoms with Gasteiger partial charge in [-0.05, 0) is 51.2 Å². The van der Waals surface area contributed by atoms with Crippen molar-refractivity contribution in [2.24, 2.45) is 17.3 Å². The van der Waals surface area contributed by atoms with Crippen molar-refractivity contribution in [3.05, 3.63) is 21.7 Å². The molecular formula is C29H44N2O7S. The Labute approximate surface area is 235 Å². The van der Waals surface area contributed by atoms with Crippen LogP contribution < -0.4 is 0 Å². The maximum absolute atomic E-state index is 13.3. The Morgan fingerprint density at radius 3 is 2.56 bits per heavy atom. The van der Waals surface area contributed by atoms with Gasteiger partial charge in [0.15, 0.2) is 0 Å². The maximum atomic E-state index is 13.3. The quantitative estimate of drug-likeness (QED) is 0.405. The van der Waals surface area contributed by atoms with Crippen LogP contribution in [0.4, 0.5) is 4.79 Å². The monoisotopic (exact) mass is 564 g/mol. The molecule has 0 aromatic carbocycles. The molecule has 1 aromatic heterocycles. The maximum Gasteiger partial charge on any atom is 0.410 e. The van der Waals surface area contributed by atoms with Gasteiger partial charge in [-0.25, -0.2) is 9.78 Å². The van der Waals surface area contributed by atoms with Gasteiger partial charge in [0.05, 0.1) is 53.4 Å². The van der Waals surface area contributed by atoms with E-state index in [1.54, 1.807) is 32.6 Å². The zero-order chi connectivity index (χ0) is 29.1. The van der Waals surface area contributed by atoms with Crippen LogP contribution in [0.1, 0.15) is 84.3 Å². The molecule has 2 fully saturated rings. The van der Waals surface area contributed by atoms with Crippen molar-refractivity contribution < 1.29 is 34.1 Å². The molecule has 2 saturated heterocycles. The number of thiazole rings is 1. The van der Waals surface area contributed by atoms with E-state index in [0.29, 0.717) is 19.3 Å². The molecule has 2 aliphatic rings. The van der Waals surface area contributed by atoms with E-state index >= 15 is 0 Å². The molecule has 2 aliphatic heterocycles. The van der Waals surface area contributed by atoms with E-state index in [1.807, 2.05) is 32.2 Å². The van der Waals surface area contributed by atoms with Gasteiger partial charge >= 0.3 is 12.1 Å². The van der Waals surface area contributed by atoms with Crippen LogP contribution in [0.5, 0.6) is 0 Å². The Hall–Kier alpha value is -2.30. The van der Waals surface area contributed by atoms with Gasteiger partial charge in [0.2, 0.25) is 0 Å². The number of aliphatic hydroxyl groups is 2. The number of rotatable bonds is 3. The number of amides is 1. The predicted molar refractivity (Wildman–Crippen MR) is 149 cm³/mol. The second-order valence-corrected chi connectivity index (χ2v) is 12.7. The molecule has 0 radical (unpaired) electrons. The highest BCUT2D eigenvalue weighted by Gasteiger charge is 2.52. The van der Waals surface area contributed by atoms with Crippen LogP contribution in [0.2, 0.25) is 0 Å². The average Bonchev–Trinajstić information content (AvgIpc) is 3.39. The van der Waals surface area contributed by atoms with Gasteiger partial charge < -0.3 is 19.7 Å². The third-order valence-electron chi connectivity index (χ3n) is 8.29. The van der Waals surface area contributed by atoms with Crippen LogP contribution in [-0.4, -0.2) is 74.9 Å². The molecule has 0 bridgehead atoms. The second kappa shape index (κ2) is 12.9. The van der Waals surface area contributed by atoms with Crippen molar-refractivity contribution in [3.63, 3.8) is 0 Å². The molecule has 2 N–H and O–H groups in total. The minimum atomic E-state index is -1.29. The van der Waals surface area contributed by atoms with Crippen molar-refractivity contribution >= 4 is 35.3 Å². The lowest BCUT2D eigenvalue weighted by Crippen LogP contribution is -2.45. The number of hydrogen-bond acceptors (Lipinski definition) is 9. The van der Waals surface area contributed by atoms with Crippen LogP contribution in [0.3, 0.4) is 0 Å². The number of esters is 1. The molecule has 10 heteroatoms. The van der Waals surface area contributed by atoms with E-state index in [1.165, 1.54) is 11.3 Å². The molecule has 0 unspecified atom stereocenters. The largest absolute Gasteiger partial charge is 0.458 e. The topological polar surface area (TPSA) is 126 Å². The van der Waals surface area contributed by atoms with Crippen LogP contribution in [0.15, 0.2) is 11.0 Å². The fraction of sp³-hybridized carbons (Fsp3) is 0.724. The Balaban J connectivity index is 1.92. The summed E-state index contributed by atoms with van der Waals surface area (Å²) in [6, 6.07) is -0.238. The molecule has 1 amide bonds. The van der Waals surface area contributed by atoms with Crippen molar-refractivity contribution in [2.45, 2.75) is 111 Å². The molecule has 0 saturated carbocycles. The van der Waals surface area contributed by atoms with Gasteiger partial charge in [-0.3, -0.25) is 14.5 Å². The number of cyclic esters (lactones) is 1. The van der Waals surface area contributed by atoms with Crippen molar-refractivity contribution in [1.29, 1.82) is 0 Å². The van der Waals surface area contributed by atoms with Crippen LogP contribution in [-0.2, 0) is 19.1 Å². The molecule has 1 aromatic rings. The van der Waals surface area contributed by atoms with Gasteiger partial charge in [0, 0.05) is 17.7 Å². The first-order valence-corrected chi connectivity index (χ1v) is 14.8. The van der Waals surface area contributed by atoms with E-state index in [9.17, 15) is 24.6 Å². The zero-order valence-electron chi connectivity index (χ0n) is 24.2. The van der Waals surface area contributed by atoms with Crippen molar-refractivity contribution in [3.8, 4) is 0 Å². The number of aromatic nitrogens is 1. The summed E-state index contributed by atoms with van der Waals surface area (Å²) in [6.07, 6.45) is 0.824. The van der Waals surface area contributed by atoms with Gasteiger partial charge in [-0.15, -0.1) is 11.3 Å². The number of fused-ring (bicyclic) bond motifs is 1. The SMILES string of the molecule is CCOC(=O)N1[C@@H]2CCC[C@H](C)[C@H](O)[C@@H](C)C(=O)C(C)(C)[C@@H](O)CC(=O)O[C@H](C(C)=Cc3csc(C)n3)C[C@@H]21. The zero-order valence-corrected chi connectivity index (χ0v) is 25.0. The van der Waals surface area contributed by atoms with Gasteiger partial charge in [-0.1, -0.05) is 34.1 Å². The van der Waals surface area contributed by atoms with Crippen LogP contribution >= 0.6 is 11.3 Å². The Bertz CT molecular complexity index is 1070. The van der Waals surface area contributed by atoms with Crippen LogP contribution in [0, 0.1) is 24.2 Å². The number of aryl methyl sites for hydroxylation is 1. The number of hydrogen-bond donors (Lipinski definition) is 2. The molecule has 9 nitrogen and oxygen atoms in total. The van der Waals surface area contributed by atoms with Crippen molar-refractivity contribution in [2.75, 3.05) is 6.61 Å². The standard InChI is InChI=1S/C29H44N2O7S/c1-8-37-28(36)31-21-11-9-10-16(2)26(34)18(4)27(35)29(6,7)24(32)14-25(33)38-23(13-22(21)31)17(3)12-20-15-39-19(5)30-20/h12,15-16,18,21-24,26,32,34H,8-11,13-14H2,1-7H3/t16-,18+,21+,22-,23-,24-,26-,31?/m0/s1. The lowest BCUT2D eigenvalue weighted by Gasteiger charge is -2.34. The molecule has 0 spiro atoms. The van der Waals surface area contributed by atoms with E-state index in [4.69, 9.17) is 9.47 Å². The number of ether oxygens (including phenoxy) is 2. The molecule has 218 valence electrons. The Morgan fingerprint density at radius 2 is 1.95 bits per heavy atom.